The largest absolute Gasteiger partial charge is 0.467 e. The first kappa shape index (κ1) is 34.2. The van der Waals surface area contributed by atoms with Gasteiger partial charge in [0.15, 0.2) is 0 Å². The van der Waals surface area contributed by atoms with Crippen molar-refractivity contribution in [1.29, 1.82) is 0 Å². The van der Waals surface area contributed by atoms with E-state index in [0.717, 1.165) is 11.1 Å². The minimum atomic E-state index is -1.00. The van der Waals surface area contributed by atoms with E-state index in [2.05, 4.69) is 16.0 Å². The second-order valence-corrected chi connectivity index (χ2v) is 10.4. The summed E-state index contributed by atoms with van der Waals surface area (Å²) in [6, 6.07) is 16.0. The molecule has 3 amide bonds. The molecule has 2 rings (SSSR count). The van der Waals surface area contributed by atoms with Crippen molar-refractivity contribution < 1.29 is 33.4 Å². The van der Waals surface area contributed by atoms with Crippen LogP contribution in [-0.2, 0) is 41.8 Å². The highest BCUT2D eigenvalue weighted by Gasteiger charge is 2.29. The molecule has 2 aromatic carbocycles. The number of unbranched alkanes of at least 4 members (excludes halogenated alkanes) is 1. The molecule has 0 aliphatic carbocycles. The van der Waals surface area contributed by atoms with Crippen LogP contribution in [0.1, 0.15) is 50.7 Å². The quantitative estimate of drug-likeness (QED) is 0.154. The van der Waals surface area contributed by atoms with Crippen LogP contribution >= 0.6 is 0 Å². The molecule has 3 atom stereocenters. The number of hydrogen-bond donors (Lipinski definition) is 4. The van der Waals surface area contributed by atoms with Crippen LogP contribution in [0.4, 0.5) is 4.79 Å². The fourth-order valence-corrected chi connectivity index (χ4v) is 4.04. The number of esters is 1. The van der Waals surface area contributed by atoms with Crippen LogP contribution in [0.15, 0.2) is 60.7 Å². The number of amides is 3. The van der Waals surface area contributed by atoms with Gasteiger partial charge in [-0.3, -0.25) is 9.59 Å². The highest BCUT2D eigenvalue weighted by atomic mass is 16.5. The van der Waals surface area contributed by atoms with Crippen molar-refractivity contribution >= 4 is 23.9 Å². The zero-order valence-electron chi connectivity index (χ0n) is 24.7. The van der Waals surface area contributed by atoms with Gasteiger partial charge in [-0.05, 0) is 42.7 Å². The van der Waals surface area contributed by atoms with E-state index in [1.807, 2.05) is 74.5 Å². The summed E-state index contributed by atoms with van der Waals surface area (Å²) in [5, 5.41) is 8.09. The van der Waals surface area contributed by atoms with E-state index in [0.29, 0.717) is 32.4 Å². The molecule has 0 aliphatic heterocycles. The number of methoxy groups -OCH3 is 1. The van der Waals surface area contributed by atoms with Gasteiger partial charge >= 0.3 is 12.1 Å². The molecular formula is C31H44N4O7. The molecule has 230 valence electrons. The molecule has 2 aromatic rings. The summed E-state index contributed by atoms with van der Waals surface area (Å²) in [6.45, 7) is 4.58. The van der Waals surface area contributed by atoms with E-state index in [9.17, 15) is 19.2 Å². The molecule has 0 unspecified atom stereocenters. The minimum absolute atomic E-state index is 0.0395. The van der Waals surface area contributed by atoms with Crippen LogP contribution in [0, 0.1) is 5.92 Å². The third kappa shape index (κ3) is 13.6. The summed E-state index contributed by atoms with van der Waals surface area (Å²) in [7, 11) is 1.26. The van der Waals surface area contributed by atoms with Crippen LogP contribution in [0.5, 0.6) is 0 Å². The smallest absolute Gasteiger partial charge is 0.407 e. The number of ether oxygens (including phenoxy) is 3. The number of alkyl carbamates (subject to hydrolysis) is 1. The monoisotopic (exact) mass is 584 g/mol. The van der Waals surface area contributed by atoms with Gasteiger partial charge in [-0.15, -0.1) is 0 Å². The van der Waals surface area contributed by atoms with Crippen LogP contribution in [-0.4, -0.2) is 62.3 Å². The average Bonchev–Trinajstić information content (AvgIpc) is 2.99. The second-order valence-electron chi connectivity index (χ2n) is 10.4. The van der Waals surface area contributed by atoms with E-state index >= 15 is 0 Å². The topological polar surface area (TPSA) is 158 Å². The maximum atomic E-state index is 13.2. The number of hydrogen-bond acceptors (Lipinski definition) is 8. The van der Waals surface area contributed by atoms with Crippen LogP contribution in [0.2, 0.25) is 0 Å². The van der Waals surface area contributed by atoms with Crippen LogP contribution in [0.25, 0.3) is 0 Å². The first-order chi connectivity index (χ1) is 20.2. The van der Waals surface area contributed by atoms with Gasteiger partial charge in [0.2, 0.25) is 11.8 Å². The Balaban J connectivity index is 1.89. The Morgan fingerprint density at radius 1 is 0.810 bits per heavy atom. The SMILES string of the molecule is COC(=O)[C@H](CC(C)C)NC(=O)[C@H](CCCCNC(=O)OCc1ccccc1)NC(=O)[C@@H](N)COCc1ccccc1. The van der Waals surface area contributed by atoms with E-state index in [1.165, 1.54) is 7.11 Å². The molecule has 0 bridgehead atoms. The lowest BCUT2D eigenvalue weighted by molar-refractivity contribution is -0.146. The first-order valence-corrected chi connectivity index (χ1v) is 14.2. The summed E-state index contributed by atoms with van der Waals surface area (Å²) in [6.07, 6.45) is 1.10. The lowest BCUT2D eigenvalue weighted by atomic mass is 10.0. The predicted molar refractivity (Wildman–Crippen MR) is 158 cm³/mol. The van der Waals surface area contributed by atoms with Gasteiger partial charge in [0.05, 0.1) is 20.3 Å². The molecule has 0 spiro atoms. The number of rotatable bonds is 18. The minimum Gasteiger partial charge on any atom is -0.467 e. The summed E-state index contributed by atoms with van der Waals surface area (Å²) in [4.78, 5) is 50.3. The Morgan fingerprint density at radius 3 is 2.00 bits per heavy atom. The molecule has 0 saturated heterocycles. The zero-order chi connectivity index (χ0) is 30.7. The van der Waals surface area contributed by atoms with Crippen LogP contribution in [0.3, 0.4) is 0 Å². The third-order valence-corrected chi connectivity index (χ3v) is 6.29. The zero-order valence-corrected chi connectivity index (χ0v) is 24.7. The van der Waals surface area contributed by atoms with Gasteiger partial charge in [0.25, 0.3) is 0 Å². The number of carbonyl (C=O) groups is 4. The van der Waals surface area contributed by atoms with Crippen molar-refractivity contribution in [2.24, 2.45) is 11.7 Å². The molecule has 0 radical (unpaired) electrons. The Kier molecular flexibility index (Phi) is 15.7. The molecule has 5 N–H and O–H groups in total. The van der Waals surface area contributed by atoms with E-state index < -0.39 is 42.0 Å². The normalized spacial score (nSPS) is 13.0. The van der Waals surface area contributed by atoms with E-state index in [4.69, 9.17) is 19.9 Å². The molecule has 0 aromatic heterocycles. The lowest BCUT2D eigenvalue weighted by Gasteiger charge is -2.24. The summed E-state index contributed by atoms with van der Waals surface area (Å²) >= 11 is 0. The standard InChI is InChI=1S/C31H44N4O7/c1-22(2)18-27(30(38)40-3)35-29(37)26(34-28(36)25(32)21-41-19-23-12-6-4-7-13-23)16-10-11-17-33-31(39)42-20-24-14-8-5-9-15-24/h4-9,12-15,22,25-27H,10-11,16-21,32H2,1-3H3,(H,33,39)(H,34,36)(H,35,37)/t25-,26-,27-/m0/s1. The number of nitrogens with one attached hydrogen (secondary N) is 3. The third-order valence-electron chi connectivity index (χ3n) is 6.29. The molecule has 0 aliphatic rings. The Labute approximate surface area is 247 Å². The molecule has 0 heterocycles. The molecule has 11 heteroatoms. The number of benzene rings is 2. The molecule has 0 saturated carbocycles. The fourth-order valence-electron chi connectivity index (χ4n) is 4.04. The van der Waals surface area contributed by atoms with Crippen molar-refractivity contribution in [1.82, 2.24) is 16.0 Å². The lowest BCUT2D eigenvalue weighted by Crippen LogP contribution is -2.55. The van der Waals surface area contributed by atoms with Gasteiger partial charge in [0.1, 0.15) is 24.7 Å². The Hall–Kier alpha value is -3.96. The maximum Gasteiger partial charge on any atom is 0.407 e. The van der Waals surface area contributed by atoms with Crippen molar-refractivity contribution in [2.75, 3.05) is 20.3 Å². The predicted octanol–water partition coefficient (Wildman–Crippen LogP) is 2.82. The van der Waals surface area contributed by atoms with Gasteiger partial charge in [-0.25, -0.2) is 9.59 Å². The van der Waals surface area contributed by atoms with E-state index in [-0.39, 0.29) is 25.6 Å². The molecule has 42 heavy (non-hydrogen) atoms. The van der Waals surface area contributed by atoms with Crippen molar-refractivity contribution in [3.63, 3.8) is 0 Å². The van der Waals surface area contributed by atoms with Gasteiger partial charge < -0.3 is 35.9 Å². The Bertz CT molecular complexity index is 1100. The summed E-state index contributed by atoms with van der Waals surface area (Å²) in [5.41, 5.74) is 7.86. The summed E-state index contributed by atoms with van der Waals surface area (Å²) in [5.74, 6) is -1.52. The average molecular weight is 585 g/mol. The maximum absolute atomic E-state index is 13.2. The highest BCUT2D eigenvalue weighted by molar-refractivity contribution is 5.92. The molecular weight excluding hydrogens is 540 g/mol. The number of carbonyl (C=O) groups excluding carboxylic acids is 4. The van der Waals surface area contributed by atoms with Crippen molar-refractivity contribution in [3.8, 4) is 0 Å². The summed E-state index contributed by atoms with van der Waals surface area (Å²) < 4.78 is 15.6. The Morgan fingerprint density at radius 2 is 1.40 bits per heavy atom. The number of nitrogens with two attached hydrogens (primary N) is 1. The van der Waals surface area contributed by atoms with Gasteiger partial charge in [-0.2, -0.15) is 0 Å². The van der Waals surface area contributed by atoms with E-state index in [1.54, 1.807) is 0 Å². The second kappa shape index (κ2) is 19.2. The van der Waals surface area contributed by atoms with Crippen molar-refractivity contribution in [2.45, 2.75) is 70.9 Å². The van der Waals surface area contributed by atoms with Gasteiger partial charge in [0, 0.05) is 6.54 Å². The van der Waals surface area contributed by atoms with Crippen molar-refractivity contribution in [3.05, 3.63) is 71.8 Å². The molecule has 11 nitrogen and oxygen atoms in total. The van der Waals surface area contributed by atoms with Crippen LogP contribution < -0.4 is 21.7 Å². The van der Waals surface area contributed by atoms with Gasteiger partial charge in [-0.1, -0.05) is 74.5 Å². The fraction of sp³-hybridized carbons (Fsp3) is 0.484. The highest BCUT2D eigenvalue weighted by Crippen LogP contribution is 2.09. The first-order valence-electron chi connectivity index (χ1n) is 14.2. The molecule has 0 fully saturated rings.